The second-order valence-electron chi connectivity index (χ2n) is 3.45. The summed E-state index contributed by atoms with van der Waals surface area (Å²) in [5.74, 6) is 1.18. The van der Waals surface area contributed by atoms with Gasteiger partial charge in [-0.05, 0) is 6.54 Å². The Morgan fingerprint density at radius 1 is 1.38 bits per heavy atom. The van der Waals surface area contributed by atoms with Crippen molar-refractivity contribution in [1.82, 2.24) is 15.5 Å². The predicted molar refractivity (Wildman–Crippen MR) is 58.1 cm³/mol. The fourth-order valence-corrected chi connectivity index (χ4v) is 1.45. The van der Waals surface area contributed by atoms with E-state index in [4.69, 9.17) is 14.0 Å². The lowest BCUT2D eigenvalue weighted by Gasteiger charge is -2.14. The maximum Gasteiger partial charge on any atom is 0.228 e. The number of nitrogens with one attached hydrogen (secondary N) is 1. The van der Waals surface area contributed by atoms with Gasteiger partial charge in [-0.15, -0.1) is 0 Å². The van der Waals surface area contributed by atoms with Gasteiger partial charge in [-0.1, -0.05) is 12.1 Å². The third-order valence-corrected chi connectivity index (χ3v) is 2.07. The van der Waals surface area contributed by atoms with Crippen molar-refractivity contribution in [2.75, 3.05) is 27.4 Å². The van der Waals surface area contributed by atoms with Crippen LogP contribution in [0.2, 0.25) is 0 Å². The smallest absolute Gasteiger partial charge is 0.228 e. The van der Waals surface area contributed by atoms with Crippen LogP contribution >= 0.6 is 0 Å². The third-order valence-electron chi connectivity index (χ3n) is 2.07. The SMILES string of the molecule is CCNC(COC)Cc1nc(COC)no1. The normalized spacial score (nSPS) is 12.9. The van der Waals surface area contributed by atoms with E-state index in [0.29, 0.717) is 31.3 Å². The first kappa shape index (κ1) is 13.1. The zero-order valence-corrected chi connectivity index (χ0v) is 10.0. The van der Waals surface area contributed by atoms with Crippen LogP contribution in [0.15, 0.2) is 4.52 Å². The van der Waals surface area contributed by atoms with E-state index in [2.05, 4.69) is 15.5 Å². The van der Waals surface area contributed by atoms with Gasteiger partial charge in [0.05, 0.1) is 6.61 Å². The fraction of sp³-hybridized carbons (Fsp3) is 0.800. The average Bonchev–Trinajstić information content (AvgIpc) is 2.67. The Morgan fingerprint density at radius 2 is 2.19 bits per heavy atom. The van der Waals surface area contributed by atoms with Crippen molar-refractivity contribution >= 4 is 0 Å². The monoisotopic (exact) mass is 229 g/mol. The van der Waals surface area contributed by atoms with E-state index in [9.17, 15) is 0 Å². The topological polar surface area (TPSA) is 69.4 Å². The molecule has 1 heterocycles. The second kappa shape index (κ2) is 7.32. The standard InChI is InChI=1S/C10H19N3O3/c1-4-11-8(6-14-2)5-10-12-9(7-15-3)13-16-10/h8,11H,4-7H2,1-3H3. The Labute approximate surface area is 95.3 Å². The lowest BCUT2D eigenvalue weighted by Crippen LogP contribution is -2.35. The van der Waals surface area contributed by atoms with Crippen LogP contribution in [0.1, 0.15) is 18.6 Å². The minimum absolute atomic E-state index is 0.200. The zero-order chi connectivity index (χ0) is 11.8. The summed E-state index contributed by atoms with van der Waals surface area (Å²) in [5, 5.41) is 7.09. The van der Waals surface area contributed by atoms with E-state index < -0.39 is 0 Å². The first-order valence-corrected chi connectivity index (χ1v) is 5.32. The lowest BCUT2D eigenvalue weighted by atomic mass is 10.2. The van der Waals surface area contributed by atoms with Gasteiger partial charge in [0, 0.05) is 26.7 Å². The van der Waals surface area contributed by atoms with E-state index in [1.807, 2.05) is 6.92 Å². The molecule has 6 heteroatoms. The van der Waals surface area contributed by atoms with E-state index in [1.54, 1.807) is 14.2 Å². The highest BCUT2D eigenvalue weighted by Crippen LogP contribution is 2.03. The van der Waals surface area contributed by atoms with Gasteiger partial charge in [-0.2, -0.15) is 4.98 Å². The highest BCUT2D eigenvalue weighted by Gasteiger charge is 2.13. The molecule has 0 aromatic carbocycles. The number of rotatable bonds is 8. The highest BCUT2D eigenvalue weighted by atomic mass is 16.5. The van der Waals surface area contributed by atoms with Gasteiger partial charge < -0.3 is 19.3 Å². The van der Waals surface area contributed by atoms with Gasteiger partial charge in [-0.3, -0.25) is 0 Å². The van der Waals surface area contributed by atoms with Crippen molar-refractivity contribution < 1.29 is 14.0 Å². The molecule has 1 unspecified atom stereocenters. The summed E-state index contributed by atoms with van der Waals surface area (Å²) in [6, 6.07) is 0.200. The van der Waals surface area contributed by atoms with Crippen molar-refractivity contribution in [2.24, 2.45) is 0 Å². The lowest BCUT2D eigenvalue weighted by molar-refractivity contribution is 0.162. The molecule has 1 aromatic heterocycles. The van der Waals surface area contributed by atoms with Crippen LogP contribution < -0.4 is 5.32 Å². The number of likely N-dealkylation sites (N-methyl/N-ethyl adjacent to an activating group) is 1. The Kier molecular flexibility index (Phi) is 5.99. The molecule has 1 aromatic rings. The van der Waals surface area contributed by atoms with Crippen LogP contribution in [0.25, 0.3) is 0 Å². The van der Waals surface area contributed by atoms with Gasteiger partial charge in [0.2, 0.25) is 5.89 Å². The van der Waals surface area contributed by atoms with Crippen LogP contribution in [0.5, 0.6) is 0 Å². The van der Waals surface area contributed by atoms with Crippen molar-refractivity contribution in [3.63, 3.8) is 0 Å². The molecule has 1 N–H and O–H groups in total. The van der Waals surface area contributed by atoms with Gasteiger partial charge in [0.15, 0.2) is 5.82 Å². The van der Waals surface area contributed by atoms with Crippen LogP contribution in [0, 0.1) is 0 Å². The Bertz CT molecular complexity index is 285. The second-order valence-corrected chi connectivity index (χ2v) is 3.45. The summed E-state index contributed by atoms with van der Waals surface area (Å²) < 4.78 is 15.1. The third kappa shape index (κ3) is 4.26. The maximum absolute atomic E-state index is 5.11. The maximum atomic E-state index is 5.11. The largest absolute Gasteiger partial charge is 0.383 e. The number of hydrogen-bond donors (Lipinski definition) is 1. The minimum atomic E-state index is 0.200. The predicted octanol–water partition coefficient (Wildman–Crippen LogP) is 0.383. The summed E-state index contributed by atoms with van der Waals surface area (Å²) in [6.07, 6.45) is 0.665. The molecule has 0 saturated heterocycles. The Hall–Kier alpha value is -0.980. The average molecular weight is 229 g/mol. The van der Waals surface area contributed by atoms with Crippen LogP contribution in [0.4, 0.5) is 0 Å². The van der Waals surface area contributed by atoms with Crippen LogP contribution in [-0.2, 0) is 22.5 Å². The highest BCUT2D eigenvalue weighted by molar-refractivity contribution is 4.88. The summed E-state index contributed by atoms with van der Waals surface area (Å²) in [6.45, 7) is 3.93. The summed E-state index contributed by atoms with van der Waals surface area (Å²) in [5.41, 5.74) is 0. The first-order valence-electron chi connectivity index (χ1n) is 5.32. The molecule has 1 rings (SSSR count). The summed E-state index contributed by atoms with van der Waals surface area (Å²) in [7, 11) is 3.27. The van der Waals surface area contributed by atoms with Crippen molar-refractivity contribution in [3.8, 4) is 0 Å². The molecule has 0 saturated carbocycles. The van der Waals surface area contributed by atoms with Crippen LogP contribution in [0.3, 0.4) is 0 Å². The van der Waals surface area contributed by atoms with Crippen LogP contribution in [-0.4, -0.2) is 43.6 Å². The van der Waals surface area contributed by atoms with E-state index in [0.717, 1.165) is 6.54 Å². The quantitative estimate of drug-likeness (QED) is 0.695. The van der Waals surface area contributed by atoms with Gasteiger partial charge in [0.1, 0.15) is 6.61 Å². The minimum Gasteiger partial charge on any atom is -0.383 e. The number of nitrogens with zero attached hydrogens (tertiary/aromatic N) is 2. The summed E-state index contributed by atoms with van der Waals surface area (Å²) >= 11 is 0. The van der Waals surface area contributed by atoms with E-state index in [-0.39, 0.29) is 6.04 Å². The molecule has 0 spiro atoms. The molecule has 0 fully saturated rings. The van der Waals surface area contributed by atoms with E-state index in [1.165, 1.54) is 0 Å². The number of methoxy groups -OCH3 is 2. The molecule has 1 atom stereocenters. The number of ether oxygens (including phenoxy) is 2. The Balaban J connectivity index is 2.48. The molecule has 0 aliphatic rings. The number of hydrogen-bond acceptors (Lipinski definition) is 6. The molecule has 0 amide bonds. The number of aromatic nitrogens is 2. The molecular weight excluding hydrogens is 210 g/mol. The molecule has 0 aliphatic carbocycles. The van der Waals surface area contributed by atoms with Crippen molar-refractivity contribution in [2.45, 2.75) is 26.0 Å². The Morgan fingerprint density at radius 3 is 2.81 bits per heavy atom. The van der Waals surface area contributed by atoms with Gasteiger partial charge >= 0.3 is 0 Å². The van der Waals surface area contributed by atoms with Gasteiger partial charge in [-0.25, -0.2) is 0 Å². The first-order chi connectivity index (χ1) is 7.80. The molecule has 6 nitrogen and oxygen atoms in total. The molecule has 0 radical (unpaired) electrons. The molecule has 92 valence electrons. The van der Waals surface area contributed by atoms with Crippen molar-refractivity contribution in [3.05, 3.63) is 11.7 Å². The van der Waals surface area contributed by atoms with Gasteiger partial charge in [0.25, 0.3) is 0 Å². The fourth-order valence-electron chi connectivity index (χ4n) is 1.45. The molecule has 16 heavy (non-hydrogen) atoms. The van der Waals surface area contributed by atoms with E-state index >= 15 is 0 Å². The molecular formula is C10H19N3O3. The molecule has 0 aliphatic heterocycles. The van der Waals surface area contributed by atoms with Crippen molar-refractivity contribution in [1.29, 1.82) is 0 Å². The molecule has 0 bridgehead atoms. The summed E-state index contributed by atoms with van der Waals surface area (Å²) in [4.78, 5) is 4.21. The zero-order valence-electron chi connectivity index (χ0n) is 10.0.